The Morgan fingerprint density at radius 1 is 0.913 bits per heavy atom. The lowest BCUT2D eigenvalue weighted by Crippen LogP contribution is -2.36. The number of hydrogen-bond acceptors (Lipinski definition) is 4. The Morgan fingerprint density at radius 2 is 1.48 bits per heavy atom. The molecule has 0 aromatic heterocycles. The maximum atomic E-state index is 12.5. The lowest BCUT2D eigenvalue weighted by molar-refractivity contribution is 0.0919. The molecule has 0 unspecified atom stereocenters. The van der Waals surface area contributed by atoms with Crippen molar-refractivity contribution in [3.8, 4) is 0 Å². The van der Waals surface area contributed by atoms with Gasteiger partial charge in [0.25, 0.3) is 5.91 Å². The molecule has 0 atom stereocenters. The molecule has 114 valence electrons. The molecule has 1 amide bonds. The van der Waals surface area contributed by atoms with Crippen molar-refractivity contribution in [2.24, 2.45) is 5.73 Å². The Balaban J connectivity index is 1.95. The summed E-state index contributed by atoms with van der Waals surface area (Å²) in [5, 5.41) is 2.91. The number of amides is 1. The minimum atomic E-state index is -0.542. The molecule has 1 aliphatic carbocycles. The summed E-state index contributed by atoms with van der Waals surface area (Å²) in [6, 6.07) is 12.5. The quantitative estimate of drug-likeness (QED) is 0.886. The minimum Gasteiger partial charge on any atom is -0.394 e. The highest BCUT2D eigenvalue weighted by molar-refractivity contribution is 6.30. The first-order valence-corrected chi connectivity index (χ1v) is 7.12. The monoisotopic (exact) mass is 326 g/mol. The van der Waals surface area contributed by atoms with Crippen LogP contribution in [-0.4, -0.2) is 17.5 Å². The third-order valence-corrected chi connectivity index (χ3v) is 3.75. The zero-order valence-corrected chi connectivity index (χ0v) is 12.6. The van der Waals surface area contributed by atoms with Gasteiger partial charge in [0, 0.05) is 21.7 Å². The highest BCUT2D eigenvalue weighted by atomic mass is 35.5. The van der Waals surface area contributed by atoms with E-state index in [0.29, 0.717) is 10.6 Å². The number of ketones is 2. The summed E-state index contributed by atoms with van der Waals surface area (Å²) in [5.74, 6) is -1.51. The second-order valence-corrected chi connectivity index (χ2v) is 5.39. The van der Waals surface area contributed by atoms with E-state index < -0.39 is 17.5 Å². The number of nitrogens with one attached hydrogen (secondary N) is 1. The first-order chi connectivity index (χ1) is 11.0. The zero-order chi connectivity index (χ0) is 16.6. The number of Topliss-reactive ketones (excluding diaryl/α,β-unsaturated/α-hetero) is 2. The van der Waals surface area contributed by atoms with Crippen LogP contribution in [0.4, 0.5) is 0 Å². The molecule has 0 saturated carbocycles. The lowest BCUT2D eigenvalue weighted by atomic mass is 9.90. The van der Waals surface area contributed by atoms with E-state index in [1.54, 1.807) is 24.3 Å². The Hall–Kier alpha value is -2.92. The third-order valence-electron chi connectivity index (χ3n) is 3.50. The molecule has 3 N–H and O–H groups in total. The van der Waals surface area contributed by atoms with Gasteiger partial charge in [-0.25, -0.2) is 0 Å². The highest BCUT2D eigenvalue weighted by Gasteiger charge is 2.31. The molecule has 0 radical (unpaired) electrons. The van der Waals surface area contributed by atoms with Crippen LogP contribution in [0.5, 0.6) is 0 Å². The number of nitrogens with two attached hydrogens (primary N) is 1. The number of allylic oxidation sites excluding steroid dienone is 2. The zero-order valence-electron chi connectivity index (χ0n) is 11.8. The number of halogens is 1. The van der Waals surface area contributed by atoms with Crippen LogP contribution < -0.4 is 11.1 Å². The van der Waals surface area contributed by atoms with Gasteiger partial charge in [0.2, 0.25) is 11.6 Å². The number of fused-ring (bicyclic) bond motifs is 1. The maximum Gasteiger partial charge on any atom is 0.255 e. The van der Waals surface area contributed by atoms with Gasteiger partial charge in [-0.2, -0.15) is 0 Å². The Kier molecular flexibility index (Phi) is 3.72. The van der Waals surface area contributed by atoms with Crippen LogP contribution in [0, 0.1) is 0 Å². The van der Waals surface area contributed by atoms with Crippen LogP contribution >= 0.6 is 11.6 Å². The SMILES string of the molecule is NC1=C(NC(=O)c2ccc(Cl)cc2)C(=O)c2ccccc2C1=O. The molecule has 2 aromatic rings. The van der Waals surface area contributed by atoms with Crippen molar-refractivity contribution < 1.29 is 14.4 Å². The maximum absolute atomic E-state index is 12.5. The number of benzene rings is 2. The molecule has 5 nitrogen and oxygen atoms in total. The molecule has 0 fully saturated rings. The summed E-state index contributed by atoms with van der Waals surface area (Å²) >= 11 is 5.77. The second kappa shape index (κ2) is 5.70. The second-order valence-electron chi connectivity index (χ2n) is 4.95. The van der Waals surface area contributed by atoms with Crippen molar-refractivity contribution in [1.29, 1.82) is 0 Å². The van der Waals surface area contributed by atoms with Crippen molar-refractivity contribution in [1.82, 2.24) is 5.32 Å². The van der Waals surface area contributed by atoms with E-state index in [0.717, 1.165) is 0 Å². The van der Waals surface area contributed by atoms with Gasteiger partial charge < -0.3 is 11.1 Å². The van der Waals surface area contributed by atoms with E-state index in [4.69, 9.17) is 17.3 Å². The minimum absolute atomic E-state index is 0.200. The molecule has 3 rings (SSSR count). The van der Waals surface area contributed by atoms with E-state index in [-0.39, 0.29) is 22.5 Å². The summed E-state index contributed by atoms with van der Waals surface area (Å²) in [5.41, 5.74) is 6.04. The van der Waals surface area contributed by atoms with E-state index in [2.05, 4.69) is 5.32 Å². The van der Waals surface area contributed by atoms with Gasteiger partial charge in [0.05, 0.1) is 0 Å². The Bertz CT molecular complexity index is 870. The first kappa shape index (κ1) is 15.0. The van der Waals surface area contributed by atoms with Crippen LogP contribution in [0.1, 0.15) is 31.1 Å². The predicted molar refractivity (Wildman–Crippen MR) is 85.2 cm³/mol. The average molecular weight is 327 g/mol. The van der Waals surface area contributed by atoms with Crippen LogP contribution in [-0.2, 0) is 0 Å². The molecule has 2 aromatic carbocycles. The number of carbonyl (C=O) groups is 3. The van der Waals surface area contributed by atoms with E-state index >= 15 is 0 Å². The smallest absolute Gasteiger partial charge is 0.255 e. The normalized spacial score (nSPS) is 13.8. The van der Waals surface area contributed by atoms with Gasteiger partial charge in [0.15, 0.2) is 0 Å². The van der Waals surface area contributed by atoms with Crippen molar-refractivity contribution in [2.45, 2.75) is 0 Å². The molecular formula is C17H11ClN2O3. The van der Waals surface area contributed by atoms with Gasteiger partial charge in [-0.3, -0.25) is 14.4 Å². The van der Waals surface area contributed by atoms with E-state index in [1.165, 1.54) is 24.3 Å². The molecule has 0 saturated heterocycles. The molecule has 0 aliphatic heterocycles. The summed E-state index contributed by atoms with van der Waals surface area (Å²) < 4.78 is 0. The summed E-state index contributed by atoms with van der Waals surface area (Å²) in [4.78, 5) is 36.9. The van der Waals surface area contributed by atoms with Crippen LogP contribution in [0.25, 0.3) is 0 Å². The van der Waals surface area contributed by atoms with E-state index in [1.807, 2.05) is 0 Å². The molecule has 0 spiro atoms. The van der Waals surface area contributed by atoms with Gasteiger partial charge in [0.1, 0.15) is 11.4 Å². The first-order valence-electron chi connectivity index (χ1n) is 6.74. The largest absolute Gasteiger partial charge is 0.394 e. The molecular weight excluding hydrogens is 316 g/mol. The summed E-state index contributed by atoms with van der Waals surface area (Å²) in [6.45, 7) is 0. The molecule has 0 bridgehead atoms. The van der Waals surface area contributed by atoms with Crippen molar-refractivity contribution in [3.05, 3.63) is 81.6 Å². The standard InChI is InChI=1S/C17H11ClN2O3/c18-10-7-5-9(6-8-10)17(23)20-14-13(19)15(21)11-3-1-2-4-12(11)16(14)22/h1-8H,19H2,(H,20,23). The van der Waals surface area contributed by atoms with Gasteiger partial charge >= 0.3 is 0 Å². The molecule has 6 heteroatoms. The van der Waals surface area contributed by atoms with Crippen molar-refractivity contribution in [2.75, 3.05) is 0 Å². The predicted octanol–water partition coefficient (Wildman–Crippen LogP) is 2.32. The van der Waals surface area contributed by atoms with Gasteiger partial charge in [-0.15, -0.1) is 0 Å². The van der Waals surface area contributed by atoms with Crippen LogP contribution in [0.3, 0.4) is 0 Å². The summed E-state index contributed by atoms with van der Waals surface area (Å²) in [7, 11) is 0. The fraction of sp³-hybridized carbons (Fsp3) is 0. The summed E-state index contributed by atoms with van der Waals surface area (Å²) in [6.07, 6.45) is 0. The average Bonchev–Trinajstić information content (AvgIpc) is 2.57. The number of carbonyl (C=O) groups excluding carboxylic acids is 3. The molecule has 1 aliphatic rings. The van der Waals surface area contributed by atoms with Gasteiger partial charge in [-0.05, 0) is 24.3 Å². The molecule has 0 heterocycles. The Morgan fingerprint density at radius 3 is 2.09 bits per heavy atom. The van der Waals surface area contributed by atoms with Gasteiger partial charge in [-0.1, -0.05) is 35.9 Å². The fourth-order valence-electron chi connectivity index (χ4n) is 2.31. The van der Waals surface area contributed by atoms with Crippen molar-refractivity contribution >= 4 is 29.1 Å². The van der Waals surface area contributed by atoms with Crippen molar-refractivity contribution in [3.63, 3.8) is 0 Å². The number of hydrogen-bond donors (Lipinski definition) is 2. The fourth-order valence-corrected chi connectivity index (χ4v) is 2.43. The third kappa shape index (κ3) is 2.62. The molecule has 23 heavy (non-hydrogen) atoms. The van der Waals surface area contributed by atoms with Crippen LogP contribution in [0.15, 0.2) is 59.9 Å². The Labute approximate surface area is 136 Å². The number of rotatable bonds is 2. The topological polar surface area (TPSA) is 89.3 Å². The highest BCUT2D eigenvalue weighted by Crippen LogP contribution is 2.23. The van der Waals surface area contributed by atoms with Crippen LogP contribution in [0.2, 0.25) is 5.02 Å². The van der Waals surface area contributed by atoms with E-state index in [9.17, 15) is 14.4 Å². The lowest BCUT2D eigenvalue weighted by Gasteiger charge is -2.19.